The van der Waals surface area contributed by atoms with E-state index in [4.69, 9.17) is 26.2 Å². The molecule has 1 N–H and O–H groups in total. The van der Waals surface area contributed by atoms with Gasteiger partial charge in [0.25, 0.3) is 0 Å². The summed E-state index contributed by atoms with van der Waals surface area (Å²) in [6.45, 7) is 11.7. The van der Waals surface area contributed by atoms with Crippen molar-refractivity contribution < 1.29 is 22.7 Å². The Balaban J connectivity index is 1.38. The van der Waals surface area contributed by atoms with Crippen molar-refractivity contribution in [2.24, 2.45) is 0 Å². The molecule has 0 unspecified atom stereocenters. The highest BCUT2D eigenvalue weighted by molar-refractivity contribution is 7.88. The molecule has 1 saturated heterocycles. The number of alkyl carbamates (subject to hydrolysis) is 1. The van der Waals surface area contributed by atoms with Crippen molar-refractivity contribution in [2.75, 3.05) is 45.6 Å². The summed E-state index contributed by atoms with van der Waals surface area (Å²) in [5, 5.41) is 8.45. The third-order valence-electron chi connectivity index (χ3n) is 7.86. The molecule has 0 spiro atoms. The van der Waals surface area contributed by atoms with Gasteiger partial charge in [0.1, 0.15) is 5.60 Å². The molecule has 3 heterocycles. The molecule has 3 aromatic rings. The Morgan fingerprint density at radius 2 is 1.75 bits per heavy atom. The molecule has 5 rings (SSSR count). The van der Waals surface area contributed by atoms with Crippen LogP contribution in [0, 0.1) is 0 Å². The first-order valence-electron chi connectivity index (χ1n) is 15.1. The first-order valence-corrected chi connectivity index (χ1v) is 17.3. The standard InChI is InChI=1S/C32H42ClN5O5S/c1-32(2,3)43-31(39)34-21-23-6-8-24(9-7-23)26-20-25(10-11-28(26)33)30-27-22-37(44(4,40)41)15-12-29(27)38(35-30)14-5-13-36-16-18-42-19-17-36/h6-11,20H,5,12-19,21-22H2,1-4H3,(H,34,39). The van der Waals surface area contributed by atoms with Gasteiger partial charge in [0.2, 0.25) is 10.0 Å². The molecule has 0 radical (unpaired) electrons. The van der Waals surface area contributed by atoms with Crippen molar-refractivity contribution in [3.8, 4) is 22.4 Å². The largest absolute Gasteiger partial charge is 0.444 e. The highest BCUT2D eigenvalue weighted by Gasteiger charge is 2.30. The summed E-state index contributed by atoms with van der Waals surface area (Å²) >= 11 is 6.70. The molecule has 10 nitrogen and oxygen atoms in total. The van der Waals surface area contributed by atoms with Gasteiger partial charge in [-0.2, -0.15) is 9.40 Å². The van der Waals surface area contributed by atoms with Crippen LogP contribution in [0.4, 0.5) is 4.79 Å². The van der Waals surface area contributed by atoms with Crippen LogP contribution >= 0.6 is 11.6 Å². The summed E-state index contributed by atoms with van der Waals surface area (Å²) in [4.78, 5) is 14.5. The minimum Gasteiger partial charge on any atom is -0.444 e. The number of nitrogens with one attached hydrogen (secondary N) is 1. The number of sulfonamides is 1. The predicted octanol–water partition coefficient (Wildman–Crippen LogP) is 4.94. The van der Waals surface area contributed by atoms with Gasteiger partial charge in [-0.1, -0.05) is 41.9 Å². The molecular formula is C32H42ClN5O5S. The van der Waals surface area contributed by atoms with Gasteiger partial charge in [0.05, 0.1) is 25.2 Å². The molecule has 2 aliphatic rings. The number of morpholine rings is 1. The van der Waals surface area contributed by atoms with Gasteiger partial charge in [0, 0.05) is 79.6 Å². The lowest BCUT2D eigenvalue weighted by molar-refractivity contribution is 0.0368. The second-order valence-corrected chi connectivity index (χ2v) is 14.8. The summed E-state index contributed by atoms with van der Waals surface area (Å²) in [6, 6.07) is 13.7. The quantitative estimate of drug-likeness (QED) is 0.352. The van der Waals surface area contributed by atoms with Gasteiger partial charge in [-0.25, -0.2) is 13.2 Å². The van der Waals surface area contributed by atoms with Crippen LogP contribution in [0.25, 0.3) is 22.4 Å². The Hall–Kier alpha value is -2.96. The van der Waals surface area contributed by atoms with Gasteiger partial charge in [-0.05, 0) is 50.5 Å². The summed E-state index contributed by atoms with van der Waals surface area (Å²) in [6.07, 6.45) is 2.37. The molecule has 0 saturated carbocycles. The Kier molecular flexibility index (Phi) is 10.0. The number of hydrogen-bond acceptors (Lipinski definition) is 7. The van der Waals surface area contributed by atoms with Crippen molar-refractivity contribution in [1.29, 1.82) is 0 Å². The lowest BCUT2D eigenvalue weighted by atomic mass is 9.97. The fourth-order valence-corrected chi connectivity index (χ4v) is 6.63. The highest BCUT2D eigenvalue weighted by Crippen LogP contribution is 2.36. The maximum Gasteiger partial charge on any atom is 0.407 e. The van der Waals surface area contributed by atoms with E-state index >= 15 is 0 Å². The Morgan fingerprint density at radius 3 is 2.43 bits per heavy atom. The molecule has 2 aromatic carbocycles. The Bertz CT molecular complexity index is 1580. The number of aromatic nitrogens is 2. The number of ether oxygens (including phenoxy) is 2. The Morgan fingerprint density at radius 1 is 1.05 bits per heavy atom. The van der Waals surface area contributed by atoms with Gasteiger partial charge < -0.3 is 14.8 Å². The average molecular weight is 644 g/mol. The minimum absolute atomic E-state index is 0.296. The molecule has 238 valence electrons. The van der Waals surface area contributed by atoms with Crippen LogP contribution in [0.1, 0.15) is 44.0 Å². The van der Waals surface area contributed by atoms with Crippen LogP contribution in [0.5, 0.6) is 0 Å². The normalized spacial score (nSPS) is 16.5. The second-order valence-electron chi connectivity index (χ2n) is 12.4. The van der Waals surface area contributed by atoms with Crippen LogP contribution in [0.2, 0.25) is 5.02 Å². The van der Waals surface area contributed by atoms with Crippen molar-refractivity contribution in [3.63, 3.8) is 0 Å². The van der Waals surface area contributed by atoms with Gasteiger partial charge in [0.15, 0.2) is 0 Å². The maximum absolute atomic E-state index is 12.5. The molecule has 1 amide bonds. The van der Waals surface area contributed by atoms with Crippen LogP contribution in [0.15, 0.2) is 42.5 Å². The number of rotatable bonds is 9. The van der Waals surface area contributed by atoms with Gasteiger partial charge in [-0.3, -0.25) is 9.58 Å². The number of carbonyl (C=O) groups excluding carboxylic acids is 1. The van der Waals surface area contributed by atoms with E-state index in [1.165, 1.54) is 10.6 Å². The summed E-state index contributed by atoms with van der Waals surface area (Å²) in [5.41, 5.74) is 5.87. The number of benzene rings is 2. The fourth-order valence-electron chi connectivity index (χ4n) is 5.62. The lowest BCUT2D eigenvalue weighted by Gasteiger charge is -2.27. The zero-order valence-corrected chi connectivity index (χ0v) is 27.5. The zero-order chi connectivity index (χ0) is 31.5. The molecule has 2 aliphatic heterocycles. The number of halogens is 1. The van der Waals surface area contributed by atoms with E-state index in [9.17, 15) is 13.2 Å². The first kappa shape index (κ1) is 32.4. The minimum atomic E-state index is -3.35. The number of aryl methyl sites for hydroxylation is 1. The number of amides is 1. The third-order valence-corrected chi connectivity index (χ3v) is 9.44. The van der Waals surface area contributed by atoms with Crippen molar-refractivity contribution in [1.82, 2.24) is 24.3 Å². The monoisotopic (exact) mass is 643 g/mol. The molecule has 0 atom stereocenters. The SMILES string of the molecule is CC(C)(C)OC(=O)NCc1ccc(-c2cc(-c3nn(CCCN4CCOCC4)c4c3CN(S(C)(=O)=O)CC4)ccc2Cl)cc1. The number of fused-ring (bicyclic) bond motifs is 1. The molecule has 0 bridgehead atoms. The van der Waals surface area contributed by atoms with E-state index in [0.717, 1.165) is 85.0 Å². The van der Waals surface area contributed by atoms with E-state index in [1.54, 1.807) is 0 Å². The molecule has 12 heteroatoms. The van der Waals surface area contributed by atoms with Crippen LogP contribution in [-0.2, 0) is 45.6 Å². The van der Waals surface area contributed by atoms with Crippen molar-refractivity contribution >= 4 is 27.7 Å². The number of carbonyl (C=O) groups is 1. The first-order chi connectivity index (χ1) is 20.9. The second kappa shape index (κ2) is 13.6. The van der Waals surface area contributed by atoms with E-state index in [0.29, 0.717) is 31.1 Å². The molecule has 0 aliphatic carbocycles. The molecule has 1 fully saturated rings. The summed E-state index contributed by atoms with van der Waals surface area (Å²) < 4.78 is 39.4. The molecular weight excluding hydrogens is 602 g/mol. The van der Waals surface area contributed by atoms with Gasteiger partial charge in [-0.15, -0.1) is 0 Å². The summed E-state index contributed by atoms with van der Waals surface area (Å²) in [5.74, 6) is 0. The van der Waals surface area contributed by atoms with Crippen molar-refractivity contribution in [2.45, 2.75) is 58.8 Å². The smallest absolute Gasteiger partial charge is 0.407 e. The van der Waals surface area contributed by atoms with E-state index in [2.05, 4.69) is 14.9 Å². The third kappa shape index (κ3) is 8.19. The highest BCUT2D eigenvalue weighted by atomic mass is 35.5. The molecule has 1 aromatic heterocycles. The maximum atomic E-state index is 12.5. The molecule has 44 heavy (non-hydrogen) atoms. The van der Waals surface area contributed by atoms with Crippen LogP contribution < -0.4 is 5.32 Å². The van der Waals surface area contributed by atoms with Crippen LogP contribution in [0.3, 0.4) is 0 Å². The van der Waals surface area contributed by atoms with E-state index < -0.39 is 21.7 Å². The fraction of sp³-hybridized carbons (Fsp3) is 0.500. The predicted molar refractivity (Wildman–Crippen MR) is 172 cm³/mol. The zero-order valence-electron chi connectivity index (χ0n) is 25.9. The number of nitrogens with zero attached hydrogens (tertiary/aromatic N) is 4. The van der Waals surface area contributed by atoms with Crippen LogP contribution in [-0.4, -0.2) is 84.7 Å². The van der Waals surface area contributed by atoms with E-state index in [-0.39, 0.29) is 0 Å². The lowest BCUT2D eigenvalue weighted by Crippen LogP contribution is -2.37. The van der Waals surface area contributed by atoms with Crippen molar-refractivity contribution in [3.05, 3.63) is 64.3 Å². The topological polar surface area (TPSA) is 106 Å². The Labute approximate surface area is 265 Å². The summed E-state index contributed by atoms with van der Waals surface area (Å²) in [7, 11) is -3.35. The van der Waals surface area contributed by atoms with E-state index in [1.807, 2.05) is 63.2 Å². The average Bonchev–Trinajstić information content (AvgIpc) is 3.34. The van der Waals surface area contributed by atoms with Gasteiger partial charge >= 0.3 is 6.09 Å². The number of hydrogen-bond donors (Lipinski definition) is 1.